The van der Waals surface area contributed by atoms with Gasteiger partial charge in [0.25, 0.3) is 5.91 Å². The van der Waals surface area contributed by atoms with Crippen molar-refractivity contribution in [3.8, 4) is 0 Å². The average Bonchev–Trinajstić information content (AvgIpc) is 2.72. The summed E-state index contributed by atoms with van der Waals surface area (Å²) in [4.78, 5) is 40.0. The fraction of sp³-hybridized carbons (Fsp3) is 0.409. The number of carboxylic acids is 1. The van der Waals surface area contributed by atoms with Gasteiger partial charge >= 0.3 is 5.97 Å². The molecule has 1 N–H and O–H groups in total. The molecule has 28 heavy (non-hydrogen) atoms. The van der Waals surface area contributed by atoms with Gasteiger partial charge in [0, 0.05) is 31.1 Å². The summed E-state index contributed by atoms with van der Waals surface area (Å²) < 4.78 is 0. The number of rotatable bonds is 6. The summed E-state index contributed by atoms with van der Waals surface area (Å²) in [7, 11) is 0. The predicted molar refractivity (Wildman–Crippen MR) is 107 cm³/mol. The number of fused-ring (bicyclic) bond motifs is 1. The molecule has 0 unspecified atom stereocenters. The number of amides is 2. The van der Waals surface area contributed by atoms with Crippen molar-refractivity contribution in [2.24, 2.45) is 5.92 Å². The van der Waals surface area contributed by atoms with Crippen LogP contribution in [0.25, 0.3) is 10.8 Å². The minimum Gasteiger partial charge on any atom is -0.480 e. The van der Waals surface area contributed by atoms with Crippen molar-refractivity contribution in [1.29, 1.82) is 0 Å². The normalized spacial score (nSPS) is 14.8. The Morgan fingerprint density at radius 1 is 1.07 bits per heavy atom. The SMILES string of the molecule is CCCN(CC(=O)O)C(=O)C1CCN(C(=O)c2cccc3ccccc23)CC1. The van der Waals surface area contributed by atoms with Crippen LogP contribution in [-0.2, 0) is 9.59 Å². The Hall–Kier alpha value is -2.89. The van der Waals surface area contributed by atoms with E-state index in [0.717, 1.165) is 17.2 Å². The molecular weight excluding hydrogens is 356 g/mol. The first-order valence-corrected chi connectivity index (χ1v) is 9.79. The van der Waals surface area contributed by atoms with E-state index in [1.165, 1.54) is 4.90 Å². The lowest BCUT2D eigenvalue weighted by Gasteiger charge is -2.34. The summed E-state index contributed by atoms with van der Waals surface area (Å²) >= 11 is 0. The van der Waals surface area contributed by atoms with Gasteiger partial charge in [0.05, 0.1) is 0 Å². The molecule has 6 heteroatoms. The molecule has 1 fully saturated rings. The number of carbonyl (C=O) groups excluding carboxylic acids is 2. The van der Waals surface area contributed by atoms with Gasteiger partial charge in [0.15, 0.2) is 0 Å². The van der Waals surface area contributed by atoms with Crippen LogP contribution in [0.15, 0.2) is 42.5 Å². The maximum absolute atomic E-state index is 13.0. The predicted octanol–water partition coefficient (Wildman–Crippen LogP) is 3.02. The average molecular weight is 382 g/mol. The third-order valence-corrected chi connectivity index (χ3v) is 5.28. The fourth-order valence-electron chi connectivity index (χ4n) is 3.87. The monoisotopic (exact) mass is 382 g/mol. The van der Waals surface area contributed by atoms with Gasteiger partial charge in [0.2, 0.25) is 5.91 Å². The van der Waals surface area contributed by atoms with Gasteiger partial charge in [0.1, 0.15) is 6.54 Å². The molecular formula is C22H26N2O4. The van der Waals surface area contributed by atoms with Crippen LogP contribution in [0, 0.1) is 5.92 Å². The molecule has 2 aromatic rings. The lowest BCUT2D eigenvalue weighted by molar-refractivity contribution is -0.147. The van der Waals surface area contributed by atoms with Gasteiger partial charge in [-0.3, -0.25) is 14.4 Å². The summed E-state index contributed by atoms with van der Waals surface area (Å²) in [5.74, 6) is -1.34. The van der Waals surface area contributed by atoms with Crippen molar-refractivity contribution in [1.82, 2.24) is 9.80 Å². The number of likely N-dealkylation sites (tertiary alicyclic amines) is 1. The molecule has 0 saturated carbocycles. The zero-order chi connectivity index (χ0) is 20.1. The van der Waals surface area contributed by atoms with Crippen LogP contribution in [0.1, 0.15) is 36.5 Å². The molecule has 6 nitrogen and oxygen atoms in total. The zero-order valence-corrected chi connectivity index (χ0v) is 16.1. The molecule has 2 aromatic carbocycles. The Labute approximate surface area is 164 Å². The summed E-state index contributed by atoms with van der Waals surface area (Å²) in [6.45, 7) is 3.12. The van der Waals surface area contributed by atoms with E-state index in [9.17, 15) is 14.4 Å². The van der Waals surface area contributed by atoms with Gasteiger partial charge in [-0.25, -0.2) is 0 Å². The number of hydrogen-bond acceptors (Lipinski definition) is 3. The summed E-state index contributed by atoms with van der Waals surface area (Å²) in [5.41, 5.74) is 0.682. The molecule has 0 radical (unpaired) electrons. The highest BCUT2D eigenvalue weighted by Gasteiger charge is 2.31. The Morgan fingerprint density at radius 2 is 1.75 bits per heavy atom. The third kappa shape index (κ3) is 4.32. The van der Waals surface area contributed by atoms with E-state index in [0.29, 0.717) is 38.0 Å². The lowest BCUT2D eigenvalue weighted by Crippen LogP contribution is -2.46. The van der Waals surface area contributed by atoms with Crippen molar-refractivity contribution in [2.45, 2.75) is 26.2 Å². The molecule has 1 aliphatic heterocycles. The molecule has 1 saturated heterocycles. The second-order valence-electron chi connectivity index (χ2n) is 7.25. The smallest absolute Gasteiger partial charge is 0.323 e. The second-order valence-corrected chi connectivity index (χ2v) is 7.25. The van der Waals surface area contributed by atoms with E-state index in [1.807, 2.05) is 49.4 Å². The van der Waals surface area contributed by atoms with Crippen LogP contribution in [-0.4, -0.2) is 58.9 Å². The molecule has 0 atom stereocenters. The number of carbonyl (C=O) groups is 3. The topological polar surface area (TPSA) is 77.9 Å². The number of piperidine rings is 1. The standard InChI is InChI=1S/C22H26N2O4/c1-2-12-24(15-20(25)26)21(27)17-10-13-23(14-11-17)22(28)19-9-5-7-16-6-3-4-8-18(16)19/h3-9,17H,2,10-15H2,1H3,(H,25,26). The van der Waals surface area contributed by atoms with Crippen LogP contribution in [0.2, 0.25) is 0 Å². The molecule has 2 amide bonds. The minimum absolute atomic E-state index is 0.0151. The highest BCUT2D eigenvalue weighted by Crippen LogP contribution is 2.24. The van der Waals surface area contributed by atoms with Gasteiger partial charge in [-0.2, -0.15) is 0 Å². The molecule has 0 aromatic heterocycles. The molecule has 3 rings (SSSR count). The highest BCUT2D eigenvalue weighted by atomic mass is 16.4. The summed E-state index contributed by atoms with van der Waals surface area (Å²) in [6.07, 6.45) is 1.85. The maximum atomic E-state index is 13.0. The van der Waals surface area contributed by atoms with Crippen molar-refractivity contribution >= 4 is 28.6 Å². The van der Waals surface area contributed by atoms with E-state index in [-0.39, 0.29) is 24.3 Å². The Balaban J connectivity index is 1.67. The lowest BCUT2D eigenvalue weighted by atomic mass is 9.94. The molecule has 0 bridgehead atoms. The Morgan fingerprint density at radius 3 is 2.43 bits per heavy atom. The molecule has 1 aliphatic rings. The van der Waals surface area contributed by atoms with Crippen LogP contribution < -0.4 is 0 Å². The first-order chi connectivity index (χ1) is 13.5. The van der Waals surface area contributed by atoms with Crippen LogP contribution in [0.4, 0.5) is 0 Å². The molecule has 148 valence electrons. The van der Waals surface area contributed by atoms with Gasteiger partial charge in [-0.15, -0.1) is 0 Å². The highest BCUT2D eigenvalue weighted by molar-refractivity contribution is 6.07. The molecule has 1 heterocycles. The first kappa shape index (κ1) is 19.9. The van der Waals surface area contributed by atoms with E-state index in [2.05, 4.69) is 0 Å². The Bertz CT molecular complexity index is 866. The van der Waals surface area contributed by atoms with Crippen LogP contribution in [0.5, 0.6) is 0 Å². The van der Waals surface area contributed by atoms with E-state index in [1.54, 1.807) is 4.90 Å². The number of hydrogen-bond donors (Lipinski definition) is 1. The summed E-state index contributed by atoms with van der Waals surface area (Å²) in [6, 6.07) is 13.5. The van der Waals surface area contributed by atoms with E-state index < -0.39 is 5.97 Å². The fourth-order valence-corrected chi connectivity index (χ4v) is 3.87. The van der Waals surface area contributed by atoms with Crippen molar-refractivity contribution in [2.75, 3.05) is 26.2 Å². The number of aliphatic carboxylic acids is 1. The van der Waals surface area contributed by atoms with Gasteiger partial charge in [-0.1, -0.05) is 43.3 Å². The Kier molecular flexibility index (Phi) is 6.29. The zero-order valence-electron chi connectivity index (χ0n) is 16.1. The second kappa shape index (κ2) is 8.87. The maximum Gasteiger partial charge on any atom is 0.323 e. The number of carboxylic acid groups (broad SMARTS) is 1. The van der Waals surface area contributed by atoms with Crippen molar-refractivity contribution in [3.05, 3.63) is 48.0 Å². The molecule has 0 aliphatic carbocycles. The van der Waals surface area contributed by atoms with E-state index >= 15 is 0 Å². The van der Waals surface area contributed by atoms with Crippen LogP contribution in [0.3, 0.4) is 0 Å². The number of benzene rings is 2. The molecule has 0 spiro atoms. The quantitative estimate of drug-likeness (QED) is 0.833. The van der Waals surface area contributed by atoms with Gasteiger partial charge in [-0.05, 0) is 36.1 Å². The van der Waals surface area contributed by atoms with Crippen LogP contribution >= 0.6 is 0 Å². The van der Waals surface area contributed by atoms with Crippen molar-refractivity contribution in [3.63, 3.8) is 0 Å². The summed E-state index contributed by atoms with van der Waals surface area (Å²) in [5, 5.41) is 11.0. The largest absolute Gasteiger partial charge is 0.480 e. The number of nitrogens with zero attached hydrogens (tertiary/aromatic N) is 2. The van der Waals surface area contributed by atoms with E-state index in [4.69, 9.17) is 5.11 Å². The first-order valence-electron chi connectivity index (χ1n) is 9.79. The minimum atomic E-state index is -0.995. The third-order valence-electron chi connectivity index (χ3n) is 5.28. The van der Waals surface area contributed by atoms with Crippen molar-refractivity contribution < 1.29 is 19.5 Å². The van der Waals surface area contributed by atoms with Gasteiger partial charge < -0.3 is 14.9 Å².